The number of hydrogen-bond acceptors (Lipinski definition) is 0. The van der Waals surface area contributed by atoms with E-state index in [4.69, 9.17) is 0 Å². The Kier molecular flexibility index (Phi) is 1.60. The van der Waals surface area contributed by atoms with Crippen molar-refractivity contribution >= 4 is 6.08 Å². The zero-order valence-corrected chi connectivity index (χ0v) is 6.33. The largest absolute Gasteiger partial charge is 0.0798 e. The Balaban J connectivity index is 2.25. The monoisotopic (exact) mass is 142 g/mol. The molecular formula is C11H10. The molecule has 0 heterocycles. The lowest BCUT2D eigenvalue weighted by atomic mass is 10.0. The Bertz CT molecular complexity index is 291. The second-order valence-electron chi connectivity index (χ2n) is 2.74. The number of allylic oxidation sites excluding steroid dienone is 3. The smallest absolute Gasteiger partial charge is 0.00941 e. The molecule has 0 saturated heterocycles. The third kappa shape index (κ3) is 1.40. The Morgan fingerprint density at radius 1 is 1.09 bits per heavy atom. The third-order valence-corrected chi connectivity index (χ3v) is 1.84. The summed E-state index contributed by atoms with van der Waals surface area (Å²) in [6, 6.07) is 10.4. The van der Waals surface area contributed by atoms with Gasteiger partial charge in [-0.1, -0.05) is 48.6 Å². The summed E-state index contributed by atoms with van der Waals surface area (Å²) >= 11 is 0. The van der Waals surface area contributed by atoms with Gasteiger partial charge >= 0.3 is 0 Å². The fourth-order valence-electron chi connectivity index (χ4n) is 1.12. The van der Waals surface area contributed by atoms with Crippen LogP contribution in [-0.4, -0.2) is 0 Å². The van der Waals surface area contributed by atoms with E-state index in [2.05, 4.69) is 42.5 Å². The Morgan fingerprint density at radius 2 is 1.82 bits per heavy atom. The van der Waals surface area contributed by atoms with Crippen LogP contribution in [0.5, 0.6) is 0 Å². The van der Waals surface area contributed by atoms with Crippen LogP contribution in [0.3, 0.4) is 0 Å². The summed E-state index contributed by atoms with van der Waals surface area (Å²) in [4.78, 5) is 0. The average Bonchev–Trinajstić information content (AvgIpc) is 1.99. The van der Waals surface area contributed by atoms with E-state index >= 15 is 0 Å². The molecule has 0 aromatic heterocycles. The van der Waals surface area contributed by atoms with Crippen molar-refractivity contribution in [2.45, 2.75) is 6.42 Å². The number of hydrogen-bond donors (Lipinski definition) is 0. The van der Waals surface area contributed by atoms with Gasteiger partial charge in [0.25, 0.3) is 0 Å². The maximum Gasteiger partial charge on any atom is -0.00941 e. The van der Waals surface area contributed by atoms with E-state index in [-0.39, 0.29) is 0 Å². The maximum atomic E-state index is 2.22. The van der Waals surface area contributed by atoms with Gasteiger partial charge in [0, 0.05) is 0 Å². The lowest BCUT2D eigenvalue weighted by molar-refractivity contribution is 1.21. The van der Waals surface area contributed by atoms with E-state index in [0.29, 0.717) is 0 Å². The Morgan fingerprint density at radius 3 is 2.36 bits per heavy atom. The average molecular weight is 142 g/mol. The van der Waals surface area contributed by atoms with Gasteiger partial charge in [-0.15, -0.1) is 0 Å². The van der Waals surface area contributed by atoms with Crippen LogP contribution in [0.25, 0.3) is 6.08 Å². The van der Waals surface area contributed by atoms with Crippen molar-refractivity contribution < 1.29 is 0 Å². The van der Waals surface area contributed by atoms with Crippen LogP contribution in [0.15, 0.2) is 48.1 Å². The van der Waals surface area contributed by atoms with Crippen LogP contribution in [0, 0.1) is 0 Å². The standard InChI is InChI=1S/C11H10/c1-2-5-10(6-3-1)9-11-7-4-8-11/h1-7,9H,8H2. The topological polar surface area (TPSA) is 0 Å². The van der Waals surface area contributed by atoms with Crippen LogP contribution in [-0.2, 0) is 0 Å². The minimum Gasteiger partial charge on any atom is -0.0798 e. The molecule has 11 heavy (non-hydrogen) atoms. The van der Waals surface area contributed by atoms with Crippen molar-refractivity contribution in [3.05, 3.63) is 53.6 Å². The fraction of sp³-hybridized carbons (Fsp3) is 0.0909. The molecule has 54 valence electrons. The molecule has 0 radical (unpaired) electrons. The van der Waals surface area contributed by atoms with Gasteiger partial charge in [0.1, 0.15) is 0 Å². The van der Waals surface area contributed by atoms with Gasteiger partial charge in [0.05, 0.1) is 0 Å². The minimum atomic E-state index is 1.13. The summed E-state index contributed by atoms with van der Waals surface area (Å²) in [6.07, 6.45) is 7.69. The second-order valence-corrected chi connectivity index (χ2v) is 2.74. The summed E-state index contributed by atoms with van der Waals surface area (Å²) < 4.78 is 0. The van der Waals surface area contributed by atoms with Crippen molar-refractivity contribution in [1.29, 1.82) is 0 Å². The number of benzene rings is 1. The Labute approximate surface area is 66.9 Å². The fourth-order valence-corrected chi connectivity index (χ4v) is 1.12. The van der Waals surface area contributed by atoms with Crippen molar-refractivity contribution in [2.75, 3.05) is 0 Å². The minimum absolute atomic E-state index is 1.13. The number of rotatable bonds is 1. The highest BCUT2D eigenvalue weighted by atomic mass is 14.0. The lowest BCUT2D eigenvalue weighted by Gasteiger charge is -2.05. The van der Waals surface area contributed by atoms with E-state index in [9.17, 15) is 0 Å². The first-order valence-corrected chi connectivity index (χ1v) is 3.87. The SMILES string of the molecule is C1=CC(=Cc2ccccc2)C1. The van der Waals surface area contributed by atoms with E-state index < -0.39 is 0 Å². The van der Waals surface area contributed by atoms with Gasteiger partial charge in [-0.05, 0) is 17.6 Å². The molecule has 0 bridgehead atoms. The van der Waals surface area contributed by atoms with E-state index in [0.717, 1.165) is 6.42 Å². The lowest BCUT2D eigenvalue weighted by Crippen LogP contribution is -1.85. The molecule has 0 spiro atoms. The van der Waals surface area contributed by atoms with Crippen molar-refractivity contribution in [1.82, 2.24) is 0 Å². The van der Waals surface area contributed by atoms with E-state index in [1.54, 1.807) is 0 Å². The first-order chi connectivity index (χ1) is 5.45. The molecule has 0 amide bonds. The van der Waals surface area contributed by atoms with Gasteiger partial charge in [-0.2, -0.15) is 0 Å². The predicted octanol–water partition coefficient (Wildman–Crippen LogP) is 3.03. The van der Waals surface area contributed by atoms with Crippen LogP contribution < -0.4 is 0 Å². The highest BCUT2D eigenvalue weighted by Crippen LogP contribution is 2.18. The summed E-state index contributed by atoms with van der Waals surface area (Å²) in [5.74, 6) is 0. The highest BCUT2D eigenvalue weighted by molar-refractivity contribution is 5.58. The normalized spacial score (nSPS) is 18.4. The van der Waals surface area contributed by atoms with E-state index in [1.807, 2.05) is 6.07 Å². The summed E-state index contributed by atoms with van der Waals surface area (Å²) in [5, 5.41) is 0. The van der Waals surface area contributed by atoms with Crippen LogP contribution in [0.1, 0.15) is 12.0 Å². The quantitative estimate of drug-likeness (QED) is 0.565. The molecule has 1 aliphatic carbocycles. The zero-order chi connectivity index (χ0) is 7.52. The zero-order valence-electron chi connectivity index (χ0n) is 6.33. The molecular weight excluding hydrogens is 132 g/mol. The first-order valence-electron chi connectivity index (χ1n) is 3.87. The Hall–Kier alpha value is -1.30. The molecule has 0 nitrogen and oxygen atoms in total. The van der Waals surface area contributed by atoms with Gasteiger partial charge in [0.15, 0.2) is 0 Å². The summed E-state index contributed by atoms with van der Waals surface area (Å²) in [6.45, 7) is 0. The van der Waals surface area contributed by atoms with Crippen molar-refractivity contribution in [2.24, 2.45) is 0 Å². The summed E-state index contributed by atoms with van der Waals surface area (Å²) in [5.41, 5.74) is 2.73. The molecule has 0 fully saturated rings. The molecule has 0 saturated carbocycles. The molecule has 1 aromatic carbocycles. The van der Waals surface area contributed by atoms with Crippen LogP contribution in [0.4, 0.5) is 0 Å². The maximum absolute atomic E-state index is 2.22. The third-order valence-electron chi connectivity index (χ3n) is 1.84. The second kappa shape index (κ2) is 2.75. The molecule has 0 atom stereocenters. The van der Waals surface area contributed by atoms with Crippen molar-refractivity contribution in [3.63, 3.8) is 0 Å². The molecule has 1 aliphatic rings. The first kappa shape index (κ1) is 6.41. The van der Waals surface area contributed by atoms with Crippen LogP contribution in [0.2, 0.25) is 0 Å². The predicted molar refractivity (Wildman–Crippen MR) is 48.2 cm³/mol. The molecule has 0 N–H and O–H groups in total. The molecule has 0 unspecified atom stereocenters. The molecule has 2 rings (SSSR count). The summed E-state index contributed by atoms with van der Waals surface area (Å²) in [7, 11) is 0. The van der Waals surface area contributed by atoms with Gasteiger partial charge < -0.3 is 0 Å². The highest BCUT2D eigenvalue weighted by Gasteiger charge is 1.97. The van der Waals surface area contributed by atoms with Crippen molar-refractivity contribution in [3.8, 4) is 0 Å². The van der Waals surface area contributed by atoms with Gasteiger partial charge in [-0.3, -0.25) is 0 Å². The van der Waals surface area contributed by atoms with Crippen LogP contribution >= 0.6 is 0 Å². The molecule has 0 heteroatoms. The van der Waals surface area contributed by atoms with E-state index in [1.165, 1.54) is 11.1 Å². The van der Waals surface area contributed by atoms with Gasteiger partial charge in [-0.25, -0.2) is 0 Å². The van der Waals surface area contributed by atoms with Gasteiger partial charge in [0.2, 0.25) is 0 Å². The molecule has 1 aromatic rings. The molecule has 0 aliphatic heterocycles.